The molecule has 8 heteroatoms. The molecule has 0 bridgehead atoms. The van der Waals surface area contributed by atoms with Crippen molar-refractivity contribution in [3.8, 4) is 0 Å². The third-order valence-electron chi connectivity index (χ3n) is 2.24. The van der Waals surface area contributed by atoms with Crippen LogP contribution in [0.25, 0.3) is 0 Å². The number of aromatic nitrogens is 3. The SMILES string of the molecule is Cc1ncc(S(=O)(=O)Nc2cnc(Cl)c(C)c2)[nH]1. The number of nitrogens with zero attached hydrogens (tertiary/aromatic N) is 2. The summed E-state index contributed by atoms with van der Waals surface area (Å²) in [7, 11) is -3.67. The van der Waals surface area contributed by atoms with Crippen LogP contribution >= 0.6 is 11.6 Å². The largest absolute Gasteiger partial charge is 0.332 e. The Morgan fingerprint density at radius 3 is 2.56 bits per heavy atom. The standard InChI is InChI=1S/C10H11ClN4O2S/c1-6-3-8(4-13-10(6)11)15-18(16,17)9-5-12-7(2)14-9/h3-5,15H,1-2H3,(H,12,14). The van der Waals surface area contributed by atoms with Crippen LogP contribution in [0.3, 0.4) is 0 Å². The Kier molecular flexibility index (Phi) is 3.27. The van der Waals surface area contributed by atoms with Gasteiger partial charge < -0.3 is 4.98 Å². The van der Waals surface area contributed by atoms with Gasteiger partial charge in [-0.1, -0.05) is 11.6 Å². The van der Waals surface area contributed by atoms with Gasteiger partial charge in [0.15, 0.2) is 5.03 Å². The summed E-state index contributed by atoms with van der Waals surface area (Å²) >= 11 is 5.77. The van der Waals surface area contributed by atoms with Crippen molar-refractivity contribution in [2.75, 3.05) is 4.72 Å². The summed E-state index contributed by atoms with van der Waals surface area (Å²) in [6, 6.07) is 1.61. The number of hydrogen-bond donors (Lipinski definition) is 2. The maximum absolute atomic E-state index is 12.0. The Balaban J connectivity index is 2.30. The molecule has 2 aromatic rings. The van der Waals surface area contributed by atoms with E-state index in [9.17, 15) is 8.42 Å². The van der Waals surface area contributed by atoms with E-state index in [0.717, 1.165) is 0 Å². The van der Waals surface area contributed by atoms with E-state index in [0.29, 0.717) is 22.2 Å². The van der Waals surface area contributed by atoms with Crippen molar-refractivity contribution in [3.63, 3.8) is 0 Å². The van der Waals surface area contributed by atoms with Gasteiger partial charge in [-0.3, -0.25) is 4.72 Å². The van der Waals surface area contributed by atoms with Crippen LogP contribution in [-0.2, 0) is 10.0 Å². The third-order valence-corrected chi connectivity index (χ3v) is 3.92. The lowest BCUT2D eigenvalue weighted by atomic mass is 10.3. The second-order valence-corrected chi connectivity index (χ2v) is 5.78. The minimum absolute atomic E-state index is 0.00704. The van der Waals surface area contributed by atoms with Gasteiger partial charge in [0.2, 0.25) is 0 Å². The Hall–Kier alpha value is -1.60. The van der Waals surface area contributed by atoms with Crippen LogP contribution < -0.4 is 4.72 Å². The van der Waals surface area contributed by atoms with Crippen LogP contribution in [-0.4, -0.2) is 23.4 Å². The number of anilines is 1. The first-order chi connectivity index (χ1) is 8.38. The number of aryl methyl sites for hydroxylation is 2. The Morgan fingerprint density at radius 2 is 2.00 bits per heavy atom. The monoisotopic (exact) mass is 286 g/mol. The molecule has 6 nitrogen and oxygen atoms in total. The number of hydrogen-bond acceptors (Lipinski definition) is 4. The molecule has 0 amide bonds. The first kappa shape index (κ1) is 12.8. The van der Waals surface area contributed by atoms with E-state index in [4.69, 9.17) is 11.6 Å². The molecule has 18 heavy (non-hydrogen) atoms. The quantitative estimate of drug-likeness (QED) is 0.843. The van der Waals surface area contributed by atoms with Crippen molar-refractivity contribution in [2.45, 2.75) is 18.9 Å². The first-order valence-corrected chi connectivity index (χ1v) is 6.91. The highest BCUT2D eigenvalue weighted by molar-refractivity contribution is 7.92. The summed E-state index contributed by atoms with van der Waals surface area (Å²) < 4.78 is 26.3. The van der Waals surface area contributed by atoms with E-state index in [-0.39, 0.29) is 5.03 Å². The number of rotatable bonds is 3. The van der Waals surface area contributed by atoms with Gasteiger partial charge >= 0.3 is 0 Å². The van der Waals surface area contributed by atoms with Gasteiger partial charge in [-0.25, -0.2) is 9.97 Å². The number of halogens is 1. The minimum atomic E-state index is -3.67. The predicted octanol–water partition coefficient (Wildman–Crippen LogP) is 1.88. The van der Waals surface area contributed by atoms with Gasteiger partial charge in [0, 0.05) is 0 Å². The third kappa shape index (κ3) is 2.62. The fraction of sp³-hybridized carbons (Fsp3) is 0.200. The summed E-state index contributed by atoms with van der Waals surface area (Å²) in [6.07, 6.45) is 2.62. The molecule has 0 atom stereocenters. The van der Waals surface area contributed by atoms with Crippen molar-refractivity contribution in [2.24, 2.45) is 0 Å². The van der Waals surface area contributed by atoms with Gasteiger partial charge in [-0.2, -0.15) is 8.42 Å². The van der Waals surface area contributed by atoms with Crippen molar-refractivity contribution >= 4 is 27.3 Å². The van der Waals surface area contributed by atoms with Crippen LogP contribution in [0.2, 0.25) is 5.15 Å². The normalized spacial score (nSPS) is 11.5. The zero-order valence-electron chi connectivity index (χ0n) is 9.73. The number of aromatic amines is 1. The average Bonchev–Trinajstić information content (AvgIpc) is 2.71. The fourth-order valence-corrected chi connectivity index (χ4v) is 2.47. The maximum Gasteiger partial charge on any atom is 0.279 e. The zero-order chi connectivity index (χ0) is 13.3. The van der Waals surface area contributed by atoms with Crippen molar-refractivity contribution in [1.29, 1.82) is 0 Å². The highest BCUT2D eigenvalue weighted by atomic mass is 35.5. The lowest BCUT2D eigenvalue weighted by Gasteiger charge is -2.06. The van der Waals surface area contributed by atoms with Gasteiger partial charge in [-0.15, -0.1) is 0 Å². The minimum Gasteiger partial charge on any atom is -0.332 e. The number of pyridine rings is 1. The first-order valence-electron chi connectivity index (χ1n) is 5.05. The molecule has 0 radical (unpaired) electrons. The lowest BCUT2D eigenvalue weighted by molar-refractivity contribution is 0.598. The van der Waals surface area contributed by atoms with Crippen molar-refractivity contribution in [1.82, 2.24) is 15.0 Å². The molecule has 0 aliphatic carbocycles. The Morgan fingerprint density at radius 1 is 1.28 bits per heavy atom. The molecular weight excluding hydrogens is 276 g/mol. The lowest BCUT2D eigenvalue weighted by Crippen LogP contribution is -2.13. The maximum atomic E-state index is 12.0. The van der Waals surface area contributed by atoms with E-state index in [1.54, 1.807) is 19.9 Å². The van der Waals surface area contributed by atoms with Crippen LogP contribution in [0.1, 0.15) is 11.4 Å². The van der Waals surface area contributed by atoms with Crippen molar-refractivity contribution < 1.29 is 8.42 Å². The van der Waals surface area contributed by atoms with Crippen LogP contribution in [0.5, 0.6) is 0 Å². The Labute approximate surface area is 109 Å². The smallest absolute Gasteiger partial charge is 0.279 e. The zero-order valence-corrected chi connectivity index (χ0v) is 11.3. The summed E-state index contributed by atoms with van der Waals surface area (Å²) in [5.41, 5.74) is 1.04. The second kappa shape index (κ2) is 4.58. The molecule has 0 fully saturated rings. The number of H-pyrrole nitrogens is 1. The average molecular weight is 287 g/mol. The molecule has 2 aromatic heterocycles. The van der Waals surface area contributed by atoms with Gasteiger partial charge in [0.1, 0.15) is 11.0 Å². The molecule has 2 rings (SSSR count). The van der Waals surface area contributed by atoms with Gasteiger partial charge in [-0.05, 0) is 25.5 Å². The molecule has 0 aliphatic heterocycles. The highest BCUT2D eigenvalue weighted by Gasteiger charge is 2.17. The van der Waals surface area contributed by atoms with Gasteiger partial charge in [0.25, 0.3) is 10.0 Å². The van der Waals surface area contributed by atoms with Crippen LogP contribution in [0.15, 0.2) is 23.5 Å². The molecule has 0 spiro atoms. The summed E-state index contributed by atoms with van der Waals surface area (Å²) in [6.45, 7) is 3.42. The molecule has 2 heterocycles. The van der Waals surface area contributed by atoms with E-state index in [1.165, 1.54) is 12.4 Å². The van der Waals surface area contributed by atoms with E-state index in [1.807, 2.05) is 0 Å². The summed E-state index contributed by atoms with van der Waals surface area (Å²) in [4.78, 5) is 10.4. The highest BCUT2D eigenvalue weighted by Crippen LogP contribution is 2.18. The molecule has 0 saturated carbocycles. The molecule has 0 aliphatic rings. The van der Waals surface area contributed by atoms with Crippen molar-refractivity contribution in [3.05, 3.63) is 35.0 Å². The van der Waals surface area contributed by atoms with E-state index in [2.05, 4.69) is 19.7 Å². The molecule has 0 unspecified atom stereocenters. The summed E-state index contributed by atoms with van der Waals surface area (Å²) in [5.74, 6) is 0.529. The number of imidazole rings is 1. The Bertz CT molecular complexity index is 681. The van der Waals surface area contributed by atoms with Gasteiger partial charge in [0.05, 0.1) is 18.1 Å². The van der Waals surface area contributed by atoms with E-state index < -0.39 is 10.0 Å². The fourth-order valence-electron chi connectivity index (χ4n) is 1.36. The number of nitrogens with one attached hydrogen (secondary N) is 2. The van der Waals surface area contributed by atoms with E-state index >= 15 is 0 Å². The van der Waals surface area contributed by atoms with Crippen LogP contribution in [0, 0.1) is 13.8 Å². The predicted molar refractivity (Wildman–Crippen MR) is 68.1 cm³/mol. The topological polar surface area (TPSA) is 87.7 Å². The molecule has 0 aromatic carbocycles. The van der Waals surface area contributed by atoms with Crippen LogP contribution in [0.4, 0.5) is 5.69 Å². The second-order valence-electron chi connectivity index (χ2n) is 3.77. The number of sulfonamides is 1. The molecule has 0 saturated heterocycles. The molecular formula is C10H11ClN4O2S. The summed E-state index contributed by atoms with van der Waals surface area (Å²) in [5, 5.41) is 0.350. The molecule has 96 valence electrons. The molecule has 2 N–H and O–H groups in total.